The van der Waals surface area contributed by atoms with Crippen LogP contribution in [0.2, 0.25) is 0 Å². The first kappa shape index (κ1) is 22.4. The molecule has 0 radical (unpaired) electrons. The molecule has 32 heavy (non-hydrogen) atoms. The molecule has 0 amide bonds. The number of nitro groups is 2. The third-order valence-corrected chi connectivity index (χ3v) is 4.54. The van der Waals surface area contributed by atoms with E-state index >= 15 is 0 Å². The number of nitrogens with zero attached hydrogens (tertiary/aromatic N) is 3. The van der Waals surface area contributed by atoms with Gasteiger partial charge in [-0.3, -0.25) is 25.2 Å². The van der Waals surface area contributed by atoms with Gasteiger partial charge < -0.3 is 9.47 Å². The largest absolute Gasteiger partial charge is 0.490 e. The van der Waals surface area contributed by atoms with E-state index in [0.29, 0.717) is 12.4 Å². The molecular weight excluding hydrogens is 414 g/mol. The zero-order chi connectivity index (χ0) is 23.3. The molecule has 0 atom stereocenters. The fourth-order valence-corrected chi connectivity index (χ4v) is 3.02. The minimum atomic E-state index is -0.729. The van der Waals surface area contributed by atoms with Crippen LogP contribution in [-0.4, -0.2) is 22.7 Å². The maximum atomic E-state index is 11.4. The summed E-state index contributed by atoms with van der Waals surface area (Å²) >= 11 is 0. The molecule has 0 saturated carbocycles. The van der Waals surface area contributed by atoms with Gasteiger partial charge in [-0.05, 0) is 62.2 Å². The van der Waals surface area contributed by atoms with Crippen LogP contribution in [0.4, 0.5) is 17.1 Å². The molecule has 0 aliphatic rings. The molecule has 9 nitrogen and oxygen atoms in total. The Kier molecular flexibility index (Phi) is 6.79. The van der Waals surface area contributed by atoms with Gasteiger partial charge in [-0.15, -0.1) is 0 Å². The van der Waals surface area contributed by atoms with Crippen LogP contribution in [0.1, 0.15) is 23.6 Å². The molecule has 164 valence electrons. The van der Waals surface area contributed by atoms with E-state index in [1.807, 2.05) is 32.0 Å². The van der Waals surface area contributed by atoms with Crippen LogP contribution in [0.3, 0.4) is 0 Å². The van der Waals surface area contributed by atoms with Crippen LogP contribution in [0.15, 0.2) is 59.6 Å². The van der Waals surface area contributed by atoms with Gasteiger partial charge in [0.15, 0.2) is 11.5 Å². The second kappa shape index (κ2) is 9.69. The van der Waals surface area contributed by atoms with E-state index < -0.39 is 21.2 Å². The Morgan fingerprint density at radius 2 is 1.66 bits per heavy atom. The van der Waals surface area contributed by atoms with Crippen molar-refractivity contribution in [2.24, 2.45) is 4.99 Å². The van der Waals surface area contributed by atoms with E-state index in [1.54, 1.807) is 31.3 Å². The molecular formula is C23H21N3O6. The summed E-state index contributed by atoms with van der Waals surface area (Å²) in [6.07, 6.45) is 1.69. The molecule has 0 bridgehead atoms. The first-order valence-electron chi connectivity index (χ1n) is 9.77. The summed E-state index contributed by atoms with van der Waals surface area (Å²) in [5.74, 6) is 0.482. The molecule has 0 saturated heterocycles. The standard InChI is InChI=1S/C23H21N3O6/c1-4-31-23-12-17(14-24-19-8-5-15(2)11-16(19)3)6-9-22(23)32-21-10-7-18(25(27)28)13-20(21)26(29)30/h5-14H,4H2,1-3H3. The van der Waals surface area contributed by atoms with Crippen LogP contribution < -0.4 is 9.47 Å². The van der Waals surface area contributed by atoms with Gasteiger partial charge in [0.2, 0.25) is 5.75 Å². The van der Waals surface area contributed by atoms with Gasteiger partial charge >= 0.3 is 5.69 Å². The van der Waals surface area contributed by atoms with E-state index in [2.05, 4.69) is 4.99 Å². The van der Waals surface area contributed by atoms with Crippen LogP contribution in [0, 0.1) is 34.1 Å². The number of rotatable bonds is 8. The van der Waals surface area contributed by atoms with Crippen molar-refractivity contribution in [1.82, 2.24) is 0 Å². The number of aliphatic imine (C=N–C) groups is 1. The minimum Gasteiger partial charge on any atom is -0.490 e. The highest BCUT2D eigenvalue weighted by atomic mass is 16.6. The molecule has 0 fully saturated rings. The number of aryl methyl sites for hydroxylation is 2. The highest BCUT2D eigenvalue weighted by Gasteiger charge is 2.22. The number of hydrogen-bond acceptors (Lipinski definition) is 7. The number of nitro benzene ring substituents is 2. The fourth-order valence-electron chi connectivity index (χ4n) is 3.02. The lowest BCUT2D eigenvalue weighted by Gasteiger charge is -2.12. The van der Waals surface area contributed by atoms with Crippen molar-refractivity contribution in [3.63, 3.8) is 0 Å². The summed E-state index contributed by atoms with van der Waals surface area (Å²) in [5.41, 5.74) is 2.89. The molecule has 0 spiro atoms. The lowest BCUT2D eigenvalue weighted by molar-refractivity contribution is -0.394. The van der Waals surface area contributed by atoms with Gasteiger partial charge in [0.25, 0.3) is 5.69 Å². The summed E-state index contributed by atoms with van der Waals surface area (Å²) in [4.78, 5) is 25.4. The minimum absolute atomic E-state index is 0.127. The van der Waals surface area contributed by atoms with E-state index in [9.17, 15) is 20.2 Å². The van der Waals surface area contributed by atoms with Crippen LogP contribution in [0.25, 0.3) is 0 Å². The van der Waals surface area contributed by atoms with Crippen LogP contribution in [-0.2, 0) is 0 Å². The number of non-ortho nitro benzene ring substituents is 1. The summed E-state index contributed by atoms with van der Waals surface area (Å²) in [5, 5.41) is 22.3. The Bertz CT molecular complexity index is 1210. The van der Waals surface area contributed by atoms with Crippen molar-refractivity contribution in [1.29, 1.82) is 0 Å². The predicted octanol–water partition coefficient (Wildman–Crippen LogP) is 6.06. The average Bonchev–Trinajstić information content (AvgIpc) is 2.75. The molecule has 0 aliphatic carbocycles. The van der Waals surface area contributed by atoms with Crippen LogP contribution in [0.5, 0.6) is 17.2 Å². The van der Waals surface area contributed by atoms with Gasteiger partial charge in [0.1, 0.15) is 0 Å². The van der Waals surface area contributed by atoms with Crippen LogP contribution >= 0.6 is 0 Å². The lowest BCUT2D eigenvalue weighted by Crippen LogP contribution is -1.99. The SMILES string of the molecule is CCOc1cc(C=Nc2ccc(C)cc2C)ccc1Oc1ccc([N+](=O)[O-])cc1[N+](=O)[O-]. The Morgan fingerprint density at radius 1 is 0.906 bits per heavy atom. The molecule has 0 aliphatic heterocycles. The van der Waals surface area contributed by atoms with Gasteiger partial charge in [-0.2, -0.15) is 0 Å². The van der Waals surface area contributed by atoms with Gasteiger partial charge in [0.05, 0.1) is 28.2 Å². The van der Waals surface area contributed by atoms with E-state index in [4.69, 9.17) is 9.47 Å². The number of hydrogen-bond donors (Lipinski definition) is 0. The first-order chi connectivity index (χ1) is 15.3. The van der Waals surface area contributed by atoms with Crippen molar-refractivity contribution in [2.45, 2.75) is 20.8 Å². The quantitative estimate of drug-likeness (QED) is 0.241. The predicted molar refractivity (Wildman–Crippen MR) is 121 cm³/mol. The Balaban J connectivity index is 1.92. The molecule has 9 heteroatoms. The van der Waals surface area contributed by atoms with Crippen molar-refractivity contribution in [2.75, 3.05) is 6.61 Å². The van der Waals surface area contributed by atoms with Crippen molar-refractivity contribution in [3.8, 4) is 17.2 Å². The smallest absolute Gasteiger partial charge is 0.318 e. The lowest BCUT2D eigenvalue weighted by atomic mass is 10.1. The average molecular weight is 435 g/mol. The second-order valence-electron chi connectivity index (χ2n) is 6.96. The molecule has 0 N–H and O–H groups in total. The second-order valence-corrected chi connectivity index (χ2v) is 6.96. The Labute approximate surface area is 184 Å². The summed E-state index contributed by atoms with van der Waals surface area (Å²) in [6, 6.07) is 14.2. The molecule has 0 unspecified atom stereocenters. The number of benzene rings is 3. The molecule has 0 aromatic heterocycles. The maximum Gasteiger partial charge on any atom is 0.318 e. The molecule has 3 aromatic rings. The third kappa shape index (κ3) is 5.25. The summed E-state index contributed by atoms with van der Waals surface area (Å²) in [6.45, 7) is 6.15. The zero-order valence-electron chi connectivity index (χ0n) is 17.8. The Hall–Kier alpha value is -4.27. The van der Waals surface area contributed by atoms with E-state index in [1.165, 1.54) is 6.07 Å². The van der Waals surface area contributed by atoms with E-state index in [-0.39, 0.29) is 11.5 Å². The van der Waals surface area contributed by atoms with Gasteiger partial charge in [-0.25, -0.2) is 0 Å². The molecule has 3 aromatic carbocycles. The van der Waals surface area contributed by atoms with Gasteiger partial charge in [-0.1, -0.05) is 17.7 Å². The monoisotopic (exact) mass is 435 g/mol. The summed E-state index contributed by atoms with van der Waals surface area (Å²) < 4.78 is 11.3. The number of ether oxygens (including phenoxy) is 2. The topological polar surface area (TPSA) is 117 Å². The van der Waals surface area contributed by atoms with Gasteiger partial charge in [0, 0.05) is 12.3 Å². The molecule has 3 rings (SSSR count). The Morgan fingerprint density at radius 3 is 2.31 bits per heavy atom. The first-order valence-corrected chi connectivity index (χ1v) is 9.77. The summed E-state index contributed by atoms with van der Waals surface area (Å²) in [7, 11) is 0. The fraction of sp³-hybridized carbons (Fsp3) is 0.174. The van der Waals surface area contributed by atoms with Crippen molar-refractivity contribution >= 4 is 23.3 Å². The van der Waals surface area contributed by atoms with Crippen molar-refractivity contribution < 1.29 is 19.3 Å². The highest BCUT2D eigenvalue weighted by Crippen LogP contribution is 2.38. The highest BCUT2D eigenvalue weighted by molar-refractivity contribution is 5.83. The van der Waals surface area contributed by atoms with Crippen molar-refractivity contribution in [3.05, 3.63) is 91.5 Å². The normalized spacial score (nSPS) is 10.8. The van der Waals surface area contributed by atoms with E-state index in [0.717, 1.165) is 34.5 Å². The molecule has 0 heterocycles. The zero-order valence-corrected chi connectivity index (χ0v) is 17.8. The maximum absolute atomic E-state index is 11.4. The third-order valence-electron chi connectivity index (χ3n) is 4.54.